The van der Waals surface area contributed by atoms with Gasteiger partial charge in [-0.1, -0.05) is 17.6 Å². The topological polar surface area (TPSA) is 29.5 Å². The van der Waals surface area contributed by atoms with Crippen molar-refractivity contribution in [1.29, 1.82) is 0 Å². The number of methoxy groups -OCH3 is 1. The fraction of sp³-hybridized carbons (Fsp3) is 0.500. The summed E-state index contributed by atoms with van der Waals surface area (Å²) >= 11 is 0. The Kier molecular flexibility index (Phi) is 7.20. The molecule has 0 fully saturated rings. The summed E-state index contributed by atoms with van der Waals surface area (Å²) in [5, 5.41) is 9.37. The minimum Gasteiger partial charge on any atom is -0.508 e. The Hall–Kier alpha value is -0.280. The highest BCUT2D eigenvalue weighted by Gasteiger charge is 2.01. The van der Waals surface area contributed by atoms with E-state index in [4.69, 9.17) is 15.4 Å². The Balaban J connectivity index is 3.87. The van der Waals surface area contributed by atoms with E-state index in [1.165, 1.54) is 24.2 Å². The quantitative estimate of drug-likeness (QED) is 0.413. The Morgan fingerprint density at radius 1 is 1.75 bits per heavy atom. The van der Waals surface area contributed by atoms with E-state index in [1.54, 1.807) is 0 Å². The van der Waals surface area contributed by atoms with Gasteiger partial charge in [0, 0.05) is 12.2 Å². The predicted molar refractivity (Wildman–Crippen MR) is 54.4 cm³/mol. The second-order valence-corrected chi connectivity index (χ2v) is 3.42. The van der Waals surface area contributed by atoms with Crippen LogP contribution in [-0.2, 0) is 4.74 Å². The summed E-state index contributed by atoms with van der Waals surface area (Å²) in [6.45, 7) is 3.51. The van der Waals surface area contributed by atoms with Crippen molar-refractivity contribution in [1.82, 2.24) is 0 Å². The van der Waals surface area contributed by atoms with Gasteiger partial charge in [0.1, 0.15) is 5.76 Å². The molecular formula is C8H13ClO2S. The van der Waals surface area contributed by atoms with Crippen LogP contribution < -0.4 is 0 Å². The summed E-state index contributed by atoms with van der Waals surface area (Å²) in [5.74, 6) is 1.49. The van der Waals surface area contributed by atoms with E-state index >= 15 is 0 Å². The number of halogens is 1. The molecule has 0 saturated carbocycles. The van der Waals surface area contributed by atoms with Crippen molar-refractivity contribution in [3.8, 4) is 0 Å². The van der Waals surface area contributed by atoms with Crippen LogP contribution in [0.5, 0.6) is 0 Å². The van der Waals surface area contributed by atoms with Crippen LogP contribution in [0.4, 0.5) is 0 Å². The van der Waals surface area contributed by atoms with Crippen LogP contribution in [0.15, 0.2) is 24.2 Å². The highest BCUT2D eigenvalue weighted by atomic mass is 35.7. The molecule has 0 unspecified atom stereocenters. The largest absolute Gasteiger partial charge is 0.508 e. The van der Waals surface area contributed by atoms with E-state index in [0.29, 0.717) is 12.2 Å². The minimum atomic E-state index is 0.234. The summed E-state index contributed by atoms with van der Waals surface area (Å²) in [5.41, 5.74) is 0. The fourth-order valence-corrected chi connectivity index (χ4v) is 1.32. The van der Waals surface area contributed by atoms with Gasteiger partial charge in [0.15, 0.2) is 5.76 Å². The molecule has 0 bridgehead atoms. The first kappa shape index (κ1) is 11.7. The van der Waals surface area contributed by atoms with E-state index in [9.17, 15) is 5.11 Å². The van der Waals surface area contributed by atoms with E-state index in [-0.39, 0.29) is 5.76 Å². The maximum Gasteiger partial charge on any atom is 0.155 e. The molecule has 0 aromatic heterocycles. The molecule has 0 rings (SSSR count). The van der Waals surface area contributed by atoms with Crippen molar-refractivity contribution in [2.45, 2.75) is 12.8 Å². The first-order chi connectivity index (χ1) is 5.76. The second kappa shape index (κ2) is 7.37. The predicted octanol–water partition coefficient (Wildman–Crippen LogP) is 3.26. The van der Waals surface area contributed by atoms with Gasteiger partial charge in [-0.15, -0.1) is 0 Å². The molecule has 0 aliphatic rings. The zero-order chi connectivity index (χ0) is 9.40. The molecule has 0 aromatic carbocycles. The SMILES string of the molecule is C=C/C(OC)=C(/O)CCCSCl. The first-order valence-electron chi connectivity index (χ1n) is 3.58. The summed E-state index contributed by atoms with van der Waals surface area (Å²) in [7, 11) is 8.15. The monoisotopic (exact) mass is 208 g/mol. The third-order valence-electron chi connectivity index (χ3n) is 1.32. The number of rotatable bonds is 6. The molecule has 0 heterocycles. The maximum atomic E-state index is 9.37. The average Bonchev–Trinajstić information content (AvgIpc) is 2.07. The molecule has 0 aliphatic carbocycles. The molecule has 70 valence electrons. The summed E-state index contributed by atoms with van der Waals surface area (Å²) in [6, 6.07) is 0. The van der Waals surface area contributed by atoms with Crippen LogP contribution in [0.1, 0.15) is 12.8 Å². The van der Waals surface area contributed by atoms with Crippen molar-refractivity contribution >= 4 is 21.7 Å². The number of hydrogen-bond acceptors (Lipinski definition) is 3. The lowest BCUT2D eigenvalue weighted by Gasteiger charge is -2.04. The number of allylic oxidation sites excluding steroid dienone is 2. The molecule has 1 N–H and O–H groups in total. The van der Waals surface area contributed by atoms with Crippen molar-refractivity contribution in [3.63, 3.8) is 0 Å². The number of ether oxygens (including phenoxy) is 1. The lowest BCUT2D eigenvalue weighted by atomic mass is 10.2. The van der Waals surface area contributed by atoms with Crippen LogP contribution >= 0.6 is 21.7 Å². The van der Waals surface area contributed by atoms with Crippen molar-refractivity contribution < 1.29 is 9.84 Å². The molecule has 0 amide bonds. The summed E-state index contributed by atoms with van der Waals surface area (Å²) in [4.78, 5) is 0. The summed E-state index contributed by atoms with van der Waals surface area (Å²) < 4.78 is 4.86. The highest BCUT2D eigenvalue weighted by molar-refractivity contribution is 8.21. The normalized spacial score (nSPS) is 12.2. The van der Waals surface area contributed by atoms with Crippen LogP contribution in [0.2, 0.25) is 0 Å². The van der Waals surface area contributed by atoms with Crippen LogP contribution in [0, 0.1) is 0 Å². The molecule has 12 heavy (non-hydrogen) atoms. The van der Waals surface area contributed by atoms with Gasteiger partial charge in [-0.05, 0) is 23.2 Å². The third-order valence-corrected chi connectivity index (χ3v) is 2.23. The molecule has 4 heteroatoms. The molecule has 2 nitrogen and oxygen atoms in total. The van der Waals surface area contributed by atoms with E-state index in [2.05, 4.69) is 6.58 Å². The first-order valence-corrected chi connectivity index (χ1v) is 5.39. The highest BCUT2D eigenvalue weighted by Crippen LogP contribution is 2.14. The Bertz CT molecular complexity index is 168. The average molecular weight is 209 g/mol. The van der Waals surface area contributed by atoms with Gasteiger partial charge in [-0.25, -0.2) is 0 Å². The fourth-order valence-electron chi connectivity index (χ4n) is 0.736. The van der Waals surface area contributed by atoms with Gasteiger partial charge < -0.3 is 9.84 Å². The Labute approximate surface area is 81.8 Å². The van der Waals surface area contributed by atoms with Crippen LogP contribution in [0.3, 0.4) is 0 Å². The van der Waals surface area contributed by atoms with Crippen LogP contribution in [0.25, 0.3) is 0 Å². The van der Waals surface area contributed by atoms with Crippen molar-refractivity contribution in [2.75, 3.05) is 12.9 Å². The number of hydrogen-bond donors (Lipinski definition) is 1. The zero-order valence-corrected chi connectivity index (χ0v) is 8.62. The number of aliphatic hydroxyl groups excluding tert-OH is 1. The van der Waals surface area contributed by atoms with E-state index < -0.39 is 0 Å². The van der Waals surface area contributed by atoms with Crippen molar-refractivity contribution in [2.24, 2.45) is 0 Å². The van der Waals surface area contributed by atoms with Gasteiger partial charge in [0.2, 0.25) is 0 Å². The molecular weight excluding hydrogens is 196 g/mol. The van der Waals surface area contributed by atoms with E-state index in [0.717, 1.165) is 12.2 Å². The minimum absolute atomic E-state index is 0.234. The Morgan fingerprint density at radius 2 is 2.42 bits per heavy atom. The molecule has 0 aromatic rings. The summed E-state index contributed by atoms with van der Waals surface area (Å²) in [6.07, 6.45) is 2.90. The molecule has 0 spiro atoms. The number of aliphatic hydroxyl groups is 1. The molecule has 0 aliphatic heterocycles. The van der Waals surface area contributed by atoms with Gasteiger partial charge in [0.25, 0.3) is 0 Å². The van der Waals surface area contributed by atoms with Gasteiger partial charge in [-0.2, -0.15) is 0 Å². The van der Waals surface area contributed by atoms with Gasteiger partial charge in [0.05, 0.1) is 7.11 Å². The lowest BCUT2D eigenvalue weighted by molar-refractivity contribution is 0.261. The second-order valence-electron chi connectivity index (χ2n) is 2.14. The van der Waals surface area contributed by atoms with E-state index in [1.807, 2.05) is 0 Å². The smallest absolute Gasteiger partial charge is 0.155 e. The lowest BCUT2D eigenvalue weighted by Crippen LogP contribution is -1.92. The Morgan fingerprint density at radius 3 is 2.83 bits per heavy atom. The van der Waals surface area contributed by atoms with Crippen LogP contribution in [-0.4, -0.2) is 18.0 Å². The molecule has 0 atom stereocenters. The zero-order valence-electron chi connectivity index (χ0n) is 7.05. The van der Waals surface area contributed by atoms with Gasteiger partial charge in [-0.3, -0.25) is 0 Å². The standard InChI is InChI=1S/C8H13ClO2S/c1-3-8(11-2)7(10)5-4-6-12-9/h3,10H,1,4-6H2,2H3/b8-7-. The molecule has 0 saturated heterocycles. The third kappa shape index (κ3) is 4.57. The van der Waals surface area contributed by atoms with Crippen molar-refractivity contribution in [3.05, 3.63) is 24.2 Å². The van der Waals surface area contributed by atoms with Gasteiger partial charge >= 0.3 is 0 Å². The maximum absolute atomic E-state index is 9.37. The molecule has 0 radical (unpaired) electrons.